The number of nitrogens with one attached hydrogen (secondary N) is 1. The highest BCUT2D eigenvalue weighted by Crippen LogP contribution is 2.37. The Hall–Kier alpha value is -0.610. The summed E-state index contributed by atoms with van der Waals surface area (Å²) in [7, 11) is 0. The number of rotatable bonds is 3. The summed E-state index contributed by atoms with van der Waals surface area (Å²) in [4.78, 5) is 15.9. The van der Waals surface area contributed by atoms with Gasteiger partial charge in [0.25, 0.3) is 0 Å². The number of hydrogen-bond donors (Lipinski definition) is 1. The molecule has 1 aromatic rings. The molecule has 1 heterocycles. The van der Waals surface area contributed by atoms with E-state index in [1.165, 1.54) is 6.42 Å². The molecule has 16 heavy (non-hydrogen) atoms. The van der Waals surface area contributed by atoms with E-state index in [1.807, 2.05) is 5.38 Å². The molecular weight excluding hydrogens is 244 g/mol. The molecule has 88 valence electrons. The predicted octanol–water partition coefficient (Wildman–Crippen LogP) is 2.66. The van der Waals surface area contributed by atoms with Crippen molar-refractivity contribution < 1.29 is 4.79 Å². The lowest BCUT2D eigenvalue weighted by Crippen LogP contribution is -2.47. The van der Waals surface area contributed by atoms with E-state index in [0.717, 1.165) is 30.7 Å². The van der Waals surface area contributed by atoms with Crippen LogP contribution in [0.4, 0.5) is 0 Å². The van der Waals surface area contributed by atoms with Crippen LogP contribution in [0.15, 0.2) is 11.6 Å². The molecular formula is C11H15ClN2OS. The molecule has 1 saturated carbocycles. The zero-order chi connectivity index (χ0) is 11.4. The van der Waals surface area contributed by atoms with Crippen LogP contribution in [0.2, 0.25) is 0 Å². The van der Waals surface area contributed by atoms with Gasteiger partial charge in [0.05, 0.1) is 5.54 Å². The second kappa shape index (κ2) is 5.15. The van der Waals surface area contributed by atoms with Crippen LogP contribution in [0.1, 0.15) is 37.1 Å². The van der Waals surface area contributed by atoms with Crippen molar-refractivity contribution >= 4 is 28.8 Å². The maximum Gasteiger partial charge on any atom is 0.235 e. The van der Waals surface area contributed by atoms with Gasteiger partial charge in [0.2, 0.25) is 5.91 Å². The largest absolute Gasteiger partial charge is 0.343 e. The van der Waals surface area contributed by atoms with Crippen molar-refractivity contribution in [3.05, 3.63) is 16.6 Å². The number of halogens is 1. The van der Waals surface area contributed by atoms with Gasteiger partial charge in [0.1, 0.15) is 10.9 Å². The highest BCUT2D eigenvalue weighted by Gasteiger charge is 2.37. The van der Waals surface area contributed by atoms with E-state index < -0.39 is 0 Å². The topological polar surface area (TPSA) is 42.0 Å². The standard InChI is InChI=1S/C11H15ClN2OS/c12-8-9(15)14-11(4-2-1-3-5-11)10-13-6-7-16-10/h6-7H,1-5,8H2,(H,14,15). The van der Waals surface area contributed by atoms with Gasteiger partial charge in [-0.05, 0) is 12.8 Å². The number of alkyl halides is 1. The molecule has 0 aliphatic heterocycles. The average Bonchev–Trinajstić information content (AvgIpc) is 2.84. The van der Waals surface area contributed by atoms with Crippen molar-refractivity contribution in [2.24, 2.45) is 0 Å². The molecule has 1 fully saturated rings. The van der Waals surface area contributed by atoms with E-state index >= 15 is 0 Å². The van der Waals surface area contributed by atoms with Crippen LogP contribution in [-0.4, -0.2) is 16.8 Å². The second-order valence-corrected chi connectivity index (χ2v) is 5.32. The first-order valence-corrected chi connectivity index (χ1v) is 6.95. The lowest BCUT2D eigenvalue weighted by atomic mass is 9.82. The second-order valence-electron chi connectivity index (χ2n) is 4.16. The minimum atomic E-state index is -0.252. The quantitative estimate of drug-likeness (QED) is 0.847. The van der Waals surface area contributed by atoms with Gasteiger partial charge in [-0.15, -0.1) is 22.9 Å². The fourth-order valence-corrected chi connectivity index (χ4v) is 3.23. The van der Waals surface area contributed by atoms with E-state index in [0.29, 0.717) is 0 Å². The first-order chi connectivity index (χ1) is 7.77. The SMILES string of the molecule is O=C(CCl)NC1(c2nccs2)CCCCC1. The molecule has 3 nitrogen and oxygen atoms in total. The molecule has 0 unspecified atom stereocenters. The molecule has 0 aromatic carbocycles. The Kier molecular flexibility index (Phi) is 3.82. The van der Waals surface area contributed by atoms with E-state index in [-0.39, 0.29) is 17.3 Å². The zero-order valence-electron chi connectivity index (χ0n) is 9.04. The minimum absolute atomic E-state index is 0.0210. The highest BCUT2D eigenvalue weighted by molar-refractivity contribution is 7.09. The Bertz CT molecular complexity index is 347. The summed E-state index contributed by atoms with van der Waals surface area (Å²) < 4.78 is 0. The summed E-state index contributed by atoms with van der Waals surface area (Å²) in [5.41, 5.74) is -0.252. The lowest BCUT2D eigenvalue weighted by Gasteiger charge is -2.36. The van der Waals surface area contributed by atoms with Gasteiger partial charge >= 0.3 is 0 Å². The van der Waals surface area contributed by atoms with Crippen molar-refractivity contribution in [2.45, 2.75) is 37.6 Å². The number of carbonyl (C=O) groups excluding carboxylic acids is 1. The maximum absolute atomic E-state index is 11.5. The third kappa shape index (κ3) is 2.38. The molecule has 1 N–H and O–H groups in total. The average molecular weight is 259 g/mol. The van der Waals surface area contributed by atoms with Crippen molar-refractivity contribution in [3.63, 3.8) is 0 Å². The summed E-state index contributed by atoms with van der Waals surface area (Å²) in [6.45, 7) is 0. The zero-order valence-corrected chi connectivity index (χ0v) is 10.6. The molecule has 1 aliphatic rings. The molecule has 1 amide bonds. The van der Waals surface area contributed by atoms with Crippen LogP contribution in [0.3, 0.4) is 0 Å². The van der Waals surface area contributed by atoms with E-state index in [9.17, 15) is 4.79 Å². The van der Waals surface area contributed by atoms with Crippen LogP contribution >= 0.6 is 22.9 Å². The van der Waals surface area contributed by atoms with Gasteiger partial charge in [0.15, 0.2) is 0 Å². The Morgan fingerprint density at radius 2 is 2.25 bits per heavy atom. The Labute approximate surface area is 104 Å². The maximum atomic E-state index is 11.5. The monoisotopic (exact) mass is 258 g/mol. The molecule has 0 bridgehead atoms. The summed E-state index contributed by atoms with van der Waals surface area (Å²) in [5.74, 6) is -0.0774. The van der Waals surface area contributed by atoms with Gasteiger partial charge in [-0.2, -0.15) is 0 Å². The third-order valence-electron chi connectivity index (χ3n) is 3.05. The lowest BCUT2D eigenvalue weighted by molar-refractivity contribution is -0.121. The number of carbonyl (C=O) groups is 1. The number of thiazole rings is 1. The summed E-state index contributed by atoms with van der Waals surface area (Å²) >= 11 is 7.18. The number of amides is 1. The van der Waals surface area contributed by atoms with Gasteiger partial charge in [0, 0.05) is 11.6 Å². The van der Waals surface area contributed by atoms with E-state index in [1.54, 1.807) is 17.5 Å². The van der Waals surface area contributed by atoms with Gasteiger partial charge in [-0.3, -0.25) is 4.79 Å². The predicted molar refractivity (Wildman–Crippen MR) is 65.7 cm³/mol. The molecule has 5 heteroatoms. The molecule has 1 aromatic heterocycles. The summed E-state index contributed by atoms with van der Waals surface area (Å²) in [6.07, 6.45) is 7.27. The Morgan fingerprint density at radius 1 is 1.50 bits per heavy atom. The fraction of sp³-hybridized carbons (Fsp3) is 0.636. The van der Waals surface area contributed by atoms with Gasteiger partial charge in [-0.25, -0.2) is 4.98 Å². The molecule has 0 spiro atoms. The summed E-state index contributed by atoms with van der Waals surface area (Å²) in [5, 5.41) is 6.04. The molecule has 2 rings (SSSR count). The van der Waals surface area contributed by atoms with E-state index in [4.69, 9.17) is 11.6 Å². The normalized spacial score (nSPS) is 19.3. The highest BCUT2D eigenvalue weighted by atomic mass is 35.5. The number of hydrogen-bond acceptors (Lipinski definition) is 3. The first-order valence-electron chi connectivity index (χ1n) is 5.54. The smallest absolute Gasteiger partial charge is 0.235 e. The molecule has 0 saturated heterocycles. The van der Waals surface area contributed by atoms with Gasteiger partial charge < -0.3 is 5.32 Å². The van der Waals surface area contributed by atoms with Crippen LogP contribution < -0.4 is 5.32 Å². The third-order valence-corrected chi connectivity index (χ3v) is 4.27. The number of nitrogens with zero attached hydrogens (tertiary/aromatic N) is 1. The van der Waals surface area contributed by atoms with Gasteiger partial charge in [-0.1, -0.05) is 19.3 Å². The molecule has 0 radical (unpaired) electrons. The van der Waals surface area contributed by atoms with Crippen molar-refractivity contribution in [1.29, 1.82) is 0 Å². The van der Waals surface area contributed by atoms with Crippen molar-refractivity contribution in [2.75, 3.05) is 5.88 Å². The van der Waals surface area contributed by atoms with Crippen LogP contribution in [0, 0.1) is 0 Å². The minimum Gasteiger partial charge on any atom is -0.343 e. The van der Waals surface area contributed by atoms with Crippen LogP contribution in [0.5, 0.6) is 0 Å². The molecule has 0 atom stereocenters. The van der Waals surface area contributed by atoms with Crippen LogP contribution in [0.25, 0.3) is 0 Å². The number of aromatic nitrogens is 1. The Morgan fingerprint density at radius 3 is 2.81 bits per heavy atom. The first kappa shape index (κ1) is 11.9. The fourth-order valence-electron chi connectivity index (χ4n) is 2.31. The Balaban J connectivity index is 2.21. The van der Waals surface area contributed by atoms with E-state index in [2.05, 4.69) is 10.3 Å². The van der Waals surface area contributed by atoms with Crippen LogP contribution in [-0.2, 0) is 10.3 Å². The van der Waals surface area contributed by atoms with Crippen molar-refractivity contribution in [3.8, 4) is 0 Å². The summed E-state index contributed by atoms with van der Waals surface area (Å²) in [6, 6.07) is 0. The van der Waals surface area contributed by atoms with Crippen molar-refractivity contribution in [1.82, 2.24) is 10.3 Å². The molecule has 1 aliphatic carbocycles.